The van der Waals surface area contributed by atoms with Crippen LogP contribution in [0.25, 0.3) is 0 Å². The maximum atomic E-state index is 12.3. The number of nitrogens with one attached hydrogen (secondary N) is 3. The number of aliphatic carboxylic acids is 1. The van der Waals surface area contributed by atoms with Crippen LogP contribution in [0.5, 0.6) is 5.75 Å². The quantitative estimate of drug-likeness (QED) is 0.569. The predicted molar refractivity (Wildman–Crippen MR) is 104 cm³/mol. The van der Waals surface area contributed by atoms with E-state index < -0.39 is 12.1 Å². The van der Waals surface area contributed by atoms with E-state index in [1.54, 1.807) is 13.3 Å². The Morgan fingerprint density at radius 1 is 1.29 bits per heavy atom. The first-order valence-corrected chi connectivity index (χ1v) is 9.29. The van der Waals surface area contributed by atoms with Gasteiger partial charge in [-0.3, -0.25) is 9.59 Å². The van der Waals surface area contributed by atoms with Gasteiger partial charge in [0.1, 0.15) is 11.4 Å². The van der Waals surface area contributed by atoms with E-state index in [-0.39, 0.29) is 17.9 Å². The van der Waals surface area contributed by atoms with Crippen LogP contribution >= 0.6 is 0 Å². The summed E-state index contributed by atoms with van der Waals surface area (Å²) in [5.74, 6) is -2.11. The van der Waals surface area contributed by atoms with Gasteiger partial charge in [-0.05, 0) is 36.6 Å². The van der Waals surface area contributed by atoms with Crippen LogP contribution in [0.3, 0.4) is 0 Å². The number of ether oxygens (including phenoxy) is 1. The van der Waals surface area contributed by atoms with Gasteiger partial charge in [-0.25, -0.2) is 4.79 Å². The van der Waals surface area contributed by atoms with Gasteiger partial charge < -0.3 is 25.5 Å². The highest BCUT2D eigenvalue weighted by molar-refractivity contribution is 5.94. The first-order valence-electron chi connectivity index (χ1n) is 9.29. The summed E-state index contributed by atoms with van der Waals surface area (Å²) in [4.78, 5) is 36.0. The molecule has 0 saturated heterocycles. The average Bonchev–Trinajstić information content (AvgIpc) is 3.16. The molecule has 0 radical (unpaired) electrons. The van der Waals surface area contributed by atoms with Crippen molar-refractivity contribution >= 4 is 17.8 Å². The summed E-state index contributed by atoms with van der Waals surface area (Å²) in [6.45, 7) is 0.544. The van der Waals surface area contributed by atoms with Crippen LogP contribution in [0.4, 0.5) is 13.2 Å². The fourth-order valence-corrected chi connectivity index (χ4v) is 2.94. The van der Waals surface area contributed by atoms with Gasteiger partial charge >= 0.3 is 12.1 Å². The molecule has 168 valence electrons. The molecule has 1 unspecified atom stereocenters. The van der Waals surface area contributed by atoms with Crippen LogP contribution in [0, 0.1) is 0 Å². The highest BCUT2D eigenvalue weighted by Gasteiger charge is 2.38. The topological polar surface area (TPSA) is 121 Å². The normalized spacial score (nSPS) is 15.5. The molecule has 4 N–H and O–H groups in total. The summed E-state index contributed by atoms with van der Waals surface area (Å²) < 4.78 is 36.9. The monoisotopic (exact) mass is 441 g/mol. The Morgan fingerprint density at radius 3 is 2.65 bits per heavy atom. The number of H-pyrrole nitrogens is 1. The number of hydrogen-bond donors (Lipinski definition) is 4. The van der Waals surface area contributed by atoms with Crippen molar-refractivity contribution in [3.63, 3.8) is 0 Å². The molecular formula is C20H22F3N3O5. The highest BCUT2D eigenvalue weighted by atomic mass is 19.4. The molecule has 8 nitrogen and oxygen atoms in total. The van der Waals surface area contributed by atoms with Crippen molar-refractivity contribution in [3.8, 4) is 5.75 Å². The molecule has 0 spiro atoms. The van der Waals surface area contributed by atoms with Gasteiger partial charge in [0.25, 0.3) is 5.91 Å². The third-order valence-corrected chi connectivity index (χ3v) is 4.45. The van der Waals surface area contributed by atoms with E-state index in [0.29, 0.717) is 31.5 Å². The summed E-state index contributed by atoms with van der Waals surface area (Å²) in [6.07, 6.45) is -1.63. The zero-order chi connectivity index (χ0) is 23.0. The van der Waals surface area contributed by atoms with E-state index in [2.05, 4.69) is 15.6 Å². The zero-order valence-electron chi connectivity index (χ0n) is 16.6. The van der Waals surface area contributed by atoms with E-state index in [0.717, 1.165) is 16.9 Å². The summed E-state index contributed by atoms with van der Waals surface area (Å²) in [5, 5.41) is 13.0. The second-order valence-corrected chi connectivity index (χ2v) is 6.63. The number of alkyl halides is 3. The van der Waals surface area contributed by atoms with Gasteiger partial charge in [0.2, 0.25) is 5.91 Å². The lowest BCUT2D eigenvalue weighted by Gasteiger charge is -2.16. The molecule has 2 amide bonds. The number of methoxy groups -OCH3 is 1. The van der Waals surface area contributed by atoms with Crippen LogP contribution in [0.1, 0.15) is 40.5 Å². The minimum absolute atomic E-state index is 0.0238. The molecule has 1 atom stereocenters. The summed E-state index contributed by atoms with van der Waals surface area (Å²) in [6, 6.07) is 9.42. The first kappa shape index (κ1) is 23.8. The number of hydrogen-bond acceptors (Lipinski definition) is 4. The fourth-order valence-electron chi connectivity index (χ4n) is 2.94. The van der Waals surface area contributed by atoms with Crippen LogP contribution < -0.4 is 15.4 Å². The lowest BCUT2D eigenvalue weighted by molar-refractivity contribution is -0.192. The molecule has 1 aliphatic rings. The standard InChI is InChI=1S/C18H21N3O3.C2HF3O2/c1-24-13-4-2-3-12(11-13)5-6-16(22)21-15-8-10-20-18(23)17-14(15)7-9-19-17;3-2(4,5)1(6)7/h2-4,7,9,11,15,19H,5-6,8,10H2,1H3,(H,20,23)(H,21,22);(H,6,7). The van der Waals surface area contributed by atoms with Gasteiger partial charge in [-0.1, -0.05) is 12.1 Å². The minimum Gasteiger partial charge on any atom is -0.497 e. The number of halogens is 3. The van der Waals surface area contributed by atoms with Crippen LogP contribution in [-0.4, -0.2) is 47.7 Å². The molecule has 0 aliphatic carbocycles. The van der Waals surface area contributed by atoms with Crippen molar-refractivity contribution in [2.45, 2.75) is 31.5 Å². The Balaban J connectivity index is 0.000000423. The Kier molecular flexibility index (Phi) is 8.06. The van der Waals surface area contributed by atoms with E-state index in [9.17, 15) is 22.8 Å². The number of carbonyl (C=O) groups excluding carboxylic acids is 2. The molecule has 1 aromatic heterocycles. The smallest absolute Gasteiger partial charge is 0.490 e. The number of aromatic amines is 1. The Hall–Kier alpha value is -3.50. The van der Waals surface area contributed by atoms with Crippen molar-refractivity contribution in [1.29, 1.82) is 0 Å². The largest absolute Gasteiger partial charge is 0.497 e. The fraction of sp³-hybridized carbons (Fsp3) is 0.350. The molecule has 11 heteroatoms. The predicted octanol–water partition coefficient (Wildman–Crippen LogP) is 2.58. The Morgan fingerprint density at radius 2 is 2.00 bits per heavy atom. The highest BCUT2D eigenvalue weighted by Crippen LogP contribution is 2.23. The molecule has 1 aromatic carbocycles. The van der Waals surface area contributed by atoms with Crippen LogP contribution in [0.15, 0.2) is 36.5 Å². The lowest BCUT2D eigenvalue weighted by atomic mass is 10.0. The SMILES string of the molecule is COc1cccc(CCC(=O)NC2CCNC(=O)c3[nH]ccc32)c1.O=C(O)C(F)(F)F. The summed E-state index contributed by atoms with van der Waals surface area (Å²) in [7, 11) is 1.63. The van der Waals surface area contributed by atoms with E-state index in [1.165, 1.54) is 0 Å². The zero-order valence-corrected chi connectivity index (χ0v) is 16.6. The number of carboxylic acid groups (broad SMARTS) is 1. The second-order valence-electron chi connectivity index (χ2n) is 6.63. The number of carbonyl (C=O) groups is 3. The number of fused-ring (bicyclic) bond motifs is 1. The molecule has 0 saturated carbocycles. The average molecular weight is 441 g/mol. The van der Waals surface area contributed by atoms with Crippen molar-refractivity contribution < 1.29 is 37.4 Å². The van der Waals surface area contributed by atoms with Gasteiger partial charge in [0.05, 0.1) is 13.2 Å². The van der Waals surface area contributed by atoms with E-state index in [1.807, 2.05) is 30.3 Å². The maximum absolute atomic E-state index is 12.3. The Labute approximate surface area is 175 Å². The molecule has 31 heavy (non-hydrogen) atoms. The van der Waals surface area contributed by atoms with Crippen LogP contribution in [-0.2, 0) is 16.0 Å². The van der Waals surface area contributed by atoms with Crippen LogP contribution in [0.2, 0.25) is 0 Å². The third-order valence-electron chi connectivity index (χ3n) is 4.45. The van der Waals surface area contributed by atoms with Gasteiger partial charge in [0, 0.05) is 24.7 Å². The van der Waals surface area contributed by atoms with Crippen molar-refractivity contribution in [2.24, 2.45) is 0 Å². The number of amides is 2. The molecule has 2 heterocycles. The Bertz CT molecular complexity index is 927. The summed E-state index contributed by atoms with van der Waals surface area (Å²) >= 11 is 0. The van der Waals surface area contributed by atoms with E-state index in [4.69, 9.17) is 14.6 Å². The van der Waals surface area contributed by atoms with Gasteiger partial charge in [-0.15, -0.1) is 0 Å². The summed E-state index contributed by atoms with van der Waals surface area (Å²) in [5.41, 5.74) is 2.44. The minimum atomic E-state index is -5.08. The molecule has 0 fully saturated rings. The molecular weight excluding hydrogens is 419 g/mol. The number of benzene rings is 1. The lowest BCUT2D eigenvalue weighted by Crippen LogP contribution is -2.29. The van der Waals surface area contributed by atoms with Crippen molar-refractivity contribution in [3.05, 3.63) is 53.3 Å². The first-order chi connectivity index (χ1) is 14.6. The molecule has 3 rings (SSSR count). The number of rotatable bonds is 5. The molecule has 0 bridgehead atoms. The van der Waals surface area contributed by atoms with Crippen molar-refractivity contribution in [2.75, 3.05) is 13.7 Å². The third kappa shape index (κ3) is 7.05. The molecule has 1 aliphatic heterocycles. The number of aryl methyl sites for hydroxylation is 1. The van der Waals surface area contributed by atoms with Crippen molar-refractivity contribution in [1.82, 2.24) is 15.6 Å². The van der Waals surface area contributed by atoms with Gasteiger partial charge in [-0.2, -0.15) is 13.2 Å². The second kappa shape index (κ2) is 10.5. The number of aromatic nitrogens is 1. The maximum Gasteiger partial charge on any atom is 0.490 e. The van der Waals surface area contributed by atoms with Gasteiger partial charge in [0.15, 0.2) is 0 Å². The molecule has 2 aromatic rings. The number of carboxylic acids is 1. The van der Waals surface area contributed by atoms with E-state index >= 15 is 0 Å².